The van der Waals surface area contributed by atoms with Gasteiger partial charge in [-0.05, 0) is 31.9 Å². The molecule has 1 N–H and O–H groups in total. The summed E-state index contributed by atoms with van der Waals surface area (Å²) in [7, 11) is -1.99. The van der Waals surface area contributed by atoms with Gasteiger partial charge in [-0.1, -0.05) is 18.2 Å². The highest BCUT2D eigenvalue weighted by molar-refractivity contribution is 7.88. The number of aryl methyl sites for hydroxylation is 2. The van der Waals surface area contributed by atoms with Crippen LogP contribution in [0.2, 0.25) is 0 Å². The van der Waals surface area contributed by atoms with Gasteiger partial charge in [0, 0.05) is 7.05 Å². The van der Waals surface area contributed by atoms with Crippen LogP contribution >= 0.6 is 0 Å². The molecular formula is C15H24N2O4S. The molecule has 1 aromatic rings. The molecular weight excluding hydrogens is 304 g/mol. The highest BCUT2D eigenvalue weighted by Gasteiger charge is 2.16. The Kier molecular flexibility index (Phi) is 6.37. The molecule has 0 saturated heterocycles. The minimum Gasteiger partial charge on any atom is -0.491 e. The molecule has 0 fully saturated rings. The van der Waals surface area contributed by atoms with E-state index in [1.54, 1.807) is 0 Å². The van der Waals surface area contributed by atoms with Crippen LogP contribution in [-0.2, 0) is 14.8 Å². The van der Waals surface area contributed by atoms with E-state index in [4.69, 9.17) is 4.74 Å². The van der Waals surface area contributed by atoms with Crippen molar-refractivity contribution in [3.05, 3.63) is 29.3 Å². The lowest BCUT2D eigenvalue weighted by Crippen LogP contribution is -2.43. The van der Waals surface area contributed by atoms with Gasteiger partial charge in [-0.15, -0.1) is 0 Å². The van der Waals surface area contributed by atoms with Gasteiger partial charge in [0.25, 0.3) is 0 Å². The zero-order valence-electron chi connectivity index (χ0n) is 13.7. The van der Waals surface area contributed by atoms with Crippen LogP contribution in [0.25, 0.3) is 0 Å². The second kappa shape index (κ2) is 7.60. The Bertz CT molecular complexity index is 608. The number of para-hydroxylation sites is 1. The number of nitrogens with zero attached hydrogens (tertiary/aromatic N) is 1. The van der Waals surface area contributed by atoms with Crippen molar-refractivity contribution >= 4 is 15.9 Å². The van der Waals surface area contributed by atoms with E-state index >= 15 is 0 Å². The van der Waals surface area contributed by atoms with Crippen molar-refractivity contribution in [1.82, 2.24) is 9.62 Å². The Morgan fingerprint density at radius 3 is 2.36 bits per heavy atom. The topological polar surface area (TPSA) is 75.7 Å². The predicted octanol–water partition coefficient (Wildman–Crippen LogP) is 1.08. The van der Waals surface area contributed by atoms with Crippen LogP contribution in [0, 0.1) is 13.8 Å². The number of likely N-dealkylation sites (N-methyl/N-ethyl adjacent to an activating group) is 1. The van der Waals surface area contributed by atoms with Crippen LogP contribution in [0.1, 0.15) is 18.1 Å². The van der Waals surface area contributed by atoms with E-state index in [0.29, 0.717) is 6.61 Å². The number of hydrogen-bond acceptors (Lipinski definition) is 4. The maximum Gasteiger partial charge on any atom is 0.235 e. The number of sulfonamides is 1. The van der Waals surface area contributed by atoms with Gasteiger partial charge >= 0.3 is 0 Å². The monoisotopic (exact) mass is 328 g/mol. The van der Waals surface area contributed by atoms with Crippen molar-refractivity contribution in [3.63, 3.8) is 0 Å². The summed E-state index contributed by atoms with van der Waals surface area (Å²) in [5.41, 5.74) is 2.07. The molecule has 0 aliphatic carbocycles. The Morgan fingerprint density at radius 1 is 1.32 bits per heavy atom. The molecule has 0 radical (unpaired) electrons. The first-order valence-corrected chi connectivity index (χ1v) is 8.85. The summed E-state index contributed by atoms with van der Waals surface area (Å²) in [5, 5.41) is 2.72. The van der Waals surface area contributed by atoms with Crippen molar-refractivity contribution in [2.75, 3.05) is 26.5 Å². The van der Waals surface area contributed by atoms with Gasteiger partial charge in [0.05, 0.1) is 18.8 Å². The van der Waals surface area contributed by atoms with Crippen LogP contribution in [-0.4, -0.2) is 51.1 Å². The number of nitrogens with one attached hydrogen (secondary N) is 1. The minimum absolute atomic E-state index is 0.202. The van der Waals surface area contributed by atoms with E-state index in [9.17, 15) is 13.2 Å². The second-order valence-corrected chi connectivity index (χ2v) is 7.61. The van der Waals surface area contributed by atoms with Crippen molar-refractivity contribution in [1.29, 1.82) is 0 Å². The molecule has 1 amide bonds. The fourth-order valence-corrected chi connectivity index (χ4v) is 2.27. The summed E-state index contributed by atoms with van der Waals surface area (Å²) in [6, 6.07) is 5.67. The van der Waals surface area contributed by atoms with Crippen molar-refractivity contribution in [2.45, 2.75) is 26.8 Å². The molecule has 1 rings (SSSR count). The molecule has 0 heterocycles. The number of benzene rings is 1. The zero-order chi connectivity index (χ0) is 16.9. The standard InChI is InChI=1S/C15H24N2O4S/c1-11-7-6-8-12(2)15(11)21-10-13(3)16-14(18)9-17(4)22(5,19)20/h6-8,13H,9-10H2,1-5H3,(H,16,18)/t13-/m0/s1. The number of carbonyl (C=O) groups excluding carboxylic acids is 1. The number of rotatable bonds is 7. The number of carbonyl (C=O) groups is 1. The van der Waals surface area contributed by atoms with Gasteiger partial charge in [-0.3, -0.25) is 4.79 Å². The first-order valence-electron chi connectivity index (χ1n) is 7.01. The molecule has 0 aromatic heterocycles. The van der Waals surface area contributed by atoms with Crippen LogP contribution in [0.4, 0.5) is 0 Å². The average molecular weight is 328 g/mol. The Labute approximate surface area is 132 Å². The zero-order valence-corrected chi connectivity index (χ0v) is 14.5. The molecule has 1 atom stereocenters. The number of amides is 1. The van der Waals surface area contributed by atoms with E-state index < -0.39 is 10.0 Å². The minimum atomic E-state index is -3.36. The van der Waals surface area contributed by atoms with E-state index in [0.717, 1.165) is 27.4 Å². The molecule has 7 heteroatoms. The molecule has 22 heavy (non-hydrogen) atoms. The van der Waals surface area contributed by atoms with Gasteiger partial charge in [-0.2, -0.15) is 4.31 Å². The number of hydrogen-bond donors (Lipinski definition) is 1. The Balaban J connectivity index is 2.50. The van der Waals surface area contributed by atoms with E-state index in [2.05, 4.69) is 5.32 Å². The van der Waals surface area contributed by atoms with Crippen LogP contribution in [0.3, 0.4) is 0 Å². The third-order valence-corrected chi connectivity index (χ3v) is 4.49. The SMILES string of the molecule is Cc1cccc(C)c1OC[C@H](C)NC(=O)CN(C)S(C)(=O)=O. The maximum absolute atomic E-state index is 11.8. The van der Waals surface area contributed by atoms with Gasteiger partial charge < -0.3 is 10.1 Å². The highest BCUT2D eigenvalue weighted by atomic mass is 32.2. The highest BCUT2D eigenvalue weighted by Crippen LogP contribution is 2.22. The van der Waals surface area contributed by atoms with Crippen molar-refractivity contribution < 1.29 is 17.9 Å². The van der Waals surface area contributed by atoms with Crippen molar-refractivity contribution in [2.24, 2.45) is 0 Å². The van der Waals surface area contributed by atoms with E-state index in [-0.39, 0.29) is 18.5 Å². The van der Waals surface area contributed by atoms with Crippen LogP contribution in [0.5, 0.6) is 5.75 Å². The summed E-state index contributed by atoms with van der Waals surface area (Å²) in [4.78, 5) is 11.8. The molecule has 0 unspecified atom stereocenters. The largest absolute Gasteiger partial charge is 0.491 e. The van der Waals surface area contributed by atoms with E-state index in [1.165, 1.54) is 7.05 Å². The summed E-state index contributed by atoms with van der Waals surface area (Å²) in [6.45, 7) is 5.86. The third-order valence-electron chi connectivity index (χ3n) is 3.23. The molecule has 0 aliphatic heterocycles. The Hall–Kier alpha value is -1.60. The summed E-state index contributed by atoms with van der Waals surface area (Å²) in [6.07, 6.45) is 1.06. The molecule has 0 spiro atoms. The number of ether oxygens (including phenoxy) is 1. The fourth-order valence-electron chi connectivity index (χ4n) is 1.92. The summed E-state index contributed by atoms with van der Waals surface area (Å²) < 4.78 is 29.3. The third kappa shape index (κ3) is 5.65. The van der Waals surface area contributed by atoms with Crippen molar-refractivity contribution in [3.8, 4) is 5.75 Å². The molecule has 0 bridgehead atoms. The summed E-state index contributed by atoms with van der Waals surface area (Å²) >= 11 is 0. The molecule has 124 valence electrons. The van der Waals surface area contributed by atoms with Crippen LogP contribution < -0.4 is 10.1 Å². The molecule has 1 aromatic carbocycles. The first-order chi connectivity index (χ1) is 10.1. The van der Waals surface area contributed by atoms with Crippen LogP contribution in [0.15, 0.2) is 18.2 Å². The normalized spacial score (nSPS) is 13.0. The van der Waals surface area contributed by atoms with E-state index in [1.807, 2.05) is 39.0 Å². The lowest BCUT2D eigenvalue weighted by Gasteiger charge is -2.19. The summed E-state index contributed by atoms with van der Waals surface area (Å²) in [5.74, 6) is 0.461. The lowest BCUT2D eigenvalue weighted by molar-refractivity contribution is -0.121. The maximum atomic E-state index is 11.8. The Morgan fingerprint density at radius 2 is 1.86 bits per heavy atom. The fraction of sp³-hybridized carbons (Fsp3) is 0.533. The first kappa shape index (κ1) is 18.4. The van der Waals surface area contributed by atoms with Gasteiger partial charge in [0.15, 0.2) is 0 Å². The molecule has 0 saturated carbocycles. The predicted molar refractivity (Wildman–Crippen MR) is 86.5 cm³/mol. The van der Waals surface area contributed by atoms with Gasteiger partial charge in [0.1, 0.15) is 12.4 Å². The quantitative estimate of drug-likeness (QED) is 0.812. The average Bonchev–Trinajstić information content (AvgIpc) is 2.36. The smallest absolute Gasteiger partial charge is 0.235 e. The van der Waals surface area contributed by atoms with Gasteiger partial charge in [0.2, 0.25) is 15.9 Å². The second-order valence-electron chi connectivity index (χ2n) is 5.52. The van der Waals surface area contributed by atoms with Gasteiger partial charge in [-0.25, -0.2) is 8.42 Å². The lowest BCUT2D eigenvalue weighted by atomic mass is 10.1. The molecule has 6 nitrogen and oxygen atoms in total. The molecule has 0 aliphatic rings.